The van der Waals surface area contributed by atoms with E-state index in [4.69, 9.17) is 18.0 Å². The molecule has 5 heteroatoms. The monoisotopic (exact) mass is 297 g/mol. The SMILES string of the molecule is NC(=S)N/N=C1\CCCc2c(Br)cccc21. The summed E-state index contributed by atoms with van der Waals surface area (Å²) in [7, 11) is 0. The second kappa shape index (κ2) is 4.93. The van der Waals surface area contributed by atoms with Crippen LogP contribution in [0.1, 0.15) is 24.0 Å². The number of nitrogens with one attached hydrogen (secondary N) is 1. The molecule has 0 spiro atoms. The van der Waals surface area contributed by atoms with Gasteiger partial charge < -0.3 is 5.73 Å². The standard InChI is InChI=1S/C11H12BrN3S/c12-9-5-1-4-8-7(9)3-2-6-10(8)14-15-11(13)16/h1,4-5H,2-3,6H2,(H3,13,15,16)/b14-10+. The molecule has 0 saturated carbocycles. The van der Waals surface area contributed by atoms with Crippen LogP contribution in [0.25, 0.3) is 0 Å². The first-order chi connectivity index (χ1) is 7.68. The molecule has 3 N–H and O–H groups in total. The van der Waals surface area contributed by atoms with E-state index in [1.807, 2.05) is 6.07 Å². The van der Waals surface area contributed by atoms with Crippen LogP contribution in [0, 0.1) is 0 Å². The van der Waals surface area contributed by atoms with Gasteiger partial charge in [-0.15, -0.1) is 0 Å². The quantitative estimate of drug-likeness (QED) is 0.618. The molecule has 0 atom stereocenters. The minimum Gasteiger partial charge on any atom is -0.375 e. The lowest BCUT2D eigenvalue weighted by Crippen LogP contribution is -2.26. The molecule has 0 saturated heterocycles. The average molecular weight is 298 g/mol. The van der Waals surface area contributed by atoms with Gasteiger partial charge in [0.25, 0.3) is 0 Å². The molecule has 16 heavy (non-hydrogen) atoms. The van der Waals surface area contributed by atoms with Gasteiger partial charge in [0.1, 0.15) is 0 Å². The van der Waals surface area contributed by atoms with Gasteiger partial charge in [-0.25, -0.2) is 0 Å². The fourth-order valence-corrected chi connectivity index (χ4v) is 2.50. The van der Waals surface area contributed by atoms with Gasteiger partial charge in [0.2, 0.25) is 0 Å². The summed E-state index contributed by atoms with van der Waals surface area (Å²) in [6.07, 6.45) is 3.15. The topological polar surface area (TPSA) is 50.4 Å². The Morgan fingerprint density at radius 3 is 3.00 bits per heavy atom. The van der Waals surface area contributed by atoms with Crippen LogP contribution in [0.3, 0.4) is 0 Å². The Labute approximate surface area is 108 Å². The molecule has 1 aliphatic rings. The molecule has 1 aromatic rings. The molecule has 2 rings (SSSR count). The summed E-state index contributed by atoms with van der Waals surface area (Å²) in [6, 6.07) is 6.16. The number of benzene rings is 1. The van der Waals surface area contributed by atoms with Gasteiger partial charge in [-0.3, -0.25) is 5.43 Å². The molecule has 0 fully saturated rings. The zero-order valence-corrected chi connectivity index (χ0v) is 11.1. The van der Waals surface area contributed by atoms with E-state index in [0.29, 0.717) is 0 Å². The van der Waals surface area contributed by atoms with Crippen molar-refractivity contribution in [2.24, 2.45) is 10.8 Å². The van der Waals surface area contributed by atoms with E-state index < -0.39 is 0 Å². The summed E-state index contributed by atoms with van der Waals surface area (Å²) < 4.78 is 1.15. The normalized spacial score (nSPS) is 16.9. The van der Waals surface area contributed by atoms with E-state index in [2.05, 4.69) is 38.6 Å². The van der Waals surface area contributed by atoms with E-state index in [1.54, 1.807) is 0 Å². The zero-order valence-electron chi connectivity index (χ0n) is 8.66. The van der Waals surface area contributed by atoms with Crippen molar-refractivity contribution in [2.75, 3.05) is 0 Å². The predicted octanol–water partition coefficient (Wildman–Crippen LogP) is 2.32. The largest absolute Gasteiger partial charge is 0.375 e. The van der Waals surface area contributed by atoms with Crippen LogP contribution in [-0.2, 0) is 6.42 Å². The number of nitrogens with zero attached hydrogens (tertiary/aromatic N) is 1. The third-order valence-electron chi connectivity index (χ3n) is 2.57. The number of fused-ring (bicyclic) bond motifs is 1. The lowest BCUT2D eigenvalue weighted by Gasteiger charge is -2.18. The van der Waals surface area contributed by atoms with Crippen molar-refractivity contribution in [1.29, 1.82) is 0 Å². The van der Waals surface area contributed by atoms with Gasteiger partial charge in [0.15, 0.2) is 5.11 Å². The highest BCUT2D eigenvalue weighted by molar-refractivity contribution is 9.10. The Hall–Kier alpha value is -0.940. The number of hydrazone groups is 1. The highest BCUT2D eigenvalue weighted by Gasteiger charge is 2.17. The third-order valence-corrected chi connectivity index (χ3v) is 3.41. The Balaban J connectivity index is 2.37. The predicted molar refractivity (Wildman–Crippen MR) is 73.5 cm³/mol. The molecule has 1 aromatic carbocycles. The molecule has 0 bridgehead atoms. The number of hydrogen-bond donors (Lipinski definition) is 2. The van der Waals surface area contributed by atoms with Gasteiger partial charge >= 0.3 is 0 Å². The fourth-order valence-electron chi connectivity index (χ4n) is 1.89. The molecule has 84 valence electrons. The minimum atomic E-state index is 0.203. The van der Waals surface area contributed by atoms with E-state index in [-0.39, 0.29) is 5.11 Å². The molecular weight excluding hydrogens is 286 g/mol. The van der Waals surface area contributed by atoms with Crippen molar-refractivity contribution in [1.82, 2.24) is 5.43 Å². The number of halogens is 1. The van der Waals surface area contributed by atoms with Crippen molar-refractivity contribution in [3.05, 3.63) is 33.8 Å². The van der Waals surface area contributed by atoms with Crippen molar-refractivity contribution >= 4 is 39.0 Å². The van der Waals surface area contributed by atoms with Gasteiger partial charge in [-0.2, -0.15) is 5.10 Å². The van der Waals surface area contributed by atoms with Crippen molar-refractivity contribution in [3.8, 4) is 0 Å². The Bertz CT molecular complexity index is 457. The van der Waals surface area contributed by atoms with E-state index >= 15 is 0 Å². The summed E-state index contributed by atoms with van der Waals surface area (Å²) in [4.78, 5) is 0. The molecule has 0 heterocycles. The van der Waals surface area contributed by atoms with Crippen LogP contribution in [0.4, 0.5) is 0 Å². The maximum atomic E-state index is 5.36. The van der Waals surface area contributed by atoms with Crippen LogP contribution < -0.4 is 11.2 Å². The molecule has 3 nitrogen and oxygen atoms in total. The smallest absolute Gasteiger partial charge is 0.184 e. The molecule has 0 unspecified atom stereocenters. The molecule has 0 aliphatic heterocycles. The Kier molecular flexibility index (Phi) is 3.56. The van der Waals surface area contributed by atoms with Crippen LogP contribution in [0.2, 0.25) is 0 Å². The highest BCUT2D eigenvalue weighted by atomic mass is 79.9. The highest BCUT2D eigenvalue weighted by Crippen LogP contribution is 2.28. The van der Waals surface area contributed by atoms with Crippen molar-refractivity contribution in [3.63, 3.8) is 0 Å². The maximum Gasteiger partial charge on any atom is 0.184 e. The van der Waals surface area contributed by atoms with Gasteiger partial charge in [0.05, 0.1) is 5.71 Å². The van der Waals surface area contributed by atoms with Crippen LogP contribution in [0.15, 0.2) is 27.8 Å². The number of hydrogen-bond acceptors (Lipinski definition) is 2. The summed E-state index contributed by atoms with van der Waals surface area (Å²) in [5, 5.41) is 4.45. The summed E-state index contributed by atoms with van der Waals surface area (Å²) in [6.45, 7) is 0. The van der Waals surface area contributed by atoms with Crippen LogP contribution >= 0.6 is 28.1 Å². The maximum absolute atomic E-state index is 5.36. The number of thiocarbonyl (C=S) groups is 1. The van der Waals surface area contributed by atoms with E-state index in [1.165, 1.54) is 11.1 Å². The summed E-state index contributed by atoms with van der Waals surface area (Å²) in [5.74, 6) is 0. The molecule has 0 aromatic heterocycles. The molecular formula is C11H12BrN3S. The van der Waals surface area contributed by atoms with Gasteiger partial charge in [-0.05, 0) is 43.1 Å². The first-order valence-corrected chi connectivity index (χ1v) is 6.28. The average Bonchev–Trinajstić information content (AvgIpc) is 2.27. The molecule has 1 aliphatic carbocycles. The second-order valence-corrected chi connectivity index (χ2v) is 4.95. The number of rotatable bonds is 1. The number of nitrogens with two attached hydrogens (primary N) is 1. The molecule has 0 amide bonds. The second-order valence-electron chi connectivity index (χ2n) is 3.65. The summed E-state index contributed by atoms with van der Waals surface area (Å²) in [5.41, 5.74) is 11.5. The van der Waals surface area contributed by atoms with E-state index in [0.717, 1.165) is 29.4 Å². The van der Waals surface area contributed by atoms with Crippen LogP contribution in [-0.4, -0.2) is 10.8 Å². The van der Waals surface area contributed by atoms with Gasteiger partial charge in [0, 0.05) is 10.0 Å². The lowest BCUT2D eigenvalue weighted by atomic mass is 9.90. The first-order valence-electron chi connectivity index (χ1n) is 5.08. The van der Waals surface area contributed by atoms with Gasteiger partial charge in [-0.1, -0.05) is 28.1 Å². The Morgan fingerprint density at radius 2 is 2.25 bits per heavy atom. The van der Waals surface area contributed by atoms with E-state index in [9.17, 15) is 0 Å². The van der Waals surface area contributed by atoms with Crippen molar-refractivity contribution < 1.29 is 0 Å². The Morgan fingerprint density at radius 1 is 1.44 bits per heavy atom. The first kappa shape index (κ1) is 11.5. The fraction of sp³-hybridized carbons (Fsp3) is 0.273. The van der Waals surface area contributed by atoms with Crippen LogP contribution in [0.5, 0.6) is 0 Å². The minimum absolute atomic E-state index is 0.203. The third kappa shape index (κ3) is 2.41. The zero-order chi connectivity index (χ0) is 11.5. The summed E-state index contributed by atoms with van der Waals surface area (Å²) >= 11 is 8.30. The lowest BCUT2D eigenvalue weighted by molar-refractivity contribution is 0.824. The van der Waals surface area contributed by atoms with Crippen molar-refractivity contribution in [2.45, 2.75) is 19.3 Å². The molecule has 0 radical (unpaired) electrons.